The number of benzene rings is 1. The lowest BCUT2D eigenvalue weighted by Gasteiger charge is -2.33. The zero-order valence-electron chi connectivity index (χ0n) is 13.2. The average molecular weight is 396 g/mol. The molecule has 1 aromatic rings. The van der Waals surface area contributed by atoms with Crippen LogP contribution in [0.1, 0.15) is 0 Å². The highest BCUT2D eigenvalue weighted by Crippen LogP contribution is 2.17. The van der Waals surface area contributed by atoms with Gasteiger partial charge in [0.2, 0.25) is 15.9 Å². The van der Waals surface area contributed by atoms with E-state index in [2.05, 4.69) is 5.32 Å². The summed E-state index contributed by atoms with van der Waals surface area (Å²) in [5, 5.41) is 10.7. The van der Waals surface area contributed by atoms with E-state index < -0.39 is 34.3 Å². The summed E-state index contributed by atoms with van der Waals surface area (Å²) in [6.45, 7) is 0.662. The molecular formula is C14H19ClFN3O5S. The van der Waals surface area contributed by atoms with Gasteiger partial charge in [-0.3, -0.25) is 14.5 Å². The number of halogens is 2. The lowest BCUT2D eigenvalue weighted by Crippen LogP contribution is -2.51. The summed E-state index contributed by atoms with van der Waals surface area (Å²) in [6.07, 6.45) is 0. The van der Waals surface area contributed by atoms with Gasteiger partial charge in [-0.2, -0.15) is 4.31 Å². The van der Waals surface area contributed by atoms with Gasteiger partial charge in [-0.05, 0) is 24.3 Å². The number of carboxylic acids is 1. The number of nitrogens with one attached hydrogen (secondary N) is 1. The zero-order valence-corrected chi connectivity index (χ0v) is 14.9. The van der Waals surface area contributed by atoms with Gasteiger partial charge in [0.05, 0.1) is 11.4 Å². The SMILES string of the molecule is Cl.O=C(O)CNC(=O)CN1CCN(S(=O)(=O)c2ccc(F)cc2)CC1. The monoisotopic (exact) mass is 395 g/mol. The van der Waals surface area contributed by atoms with Crippen molar-refractivity contribution >= 4 is 34.3 Å². The second-order valence-corrected chi connectivity index (χ2v) is 7.24. The fourth-order valence-corrected chi connectivity index (χ4v) is 3.74. The molecule has 1 saturated heterocycles. The van der Waals surface area contributed by atoms with Gasteiger partial charge < -0.3 is 10.4 Å². The van der Waals surface area contributed by atoms with Gasteiger partial charge in [0.25, 0.3) is 0 Å². The zero-order chi connectivity index (χ0) is 17.7. The molecule has 25 heavy (non-hydrogen) atoms. The fraction of sp³-hybridized carbons (Fsp3) is 0.429. The molecule has 1 aliphatic heterocycles. The minimum Gasteiger partial charge on any atom is -0.480 e. The highest BCUT2D eigenvalue weighted by Gasteiger charge is 2.29. The quantitative estimate of drug-likeness (QED) is 0.688. The summed E-state index contributed by atoms with van der Waals surface area (Å²) < 4.78 is 39.1. The number of aliphatic carboxylic acids is 1. The molecule has 2 N–H and O–H groups in total. The number of piperazine rings is 1. The van der Waals surface area contributed by atoms with Crippen molar-refractivity contribution in [1.29, 1.82) is 0 Å². The summed E-state index contributed by atoms with van der Waals surface area (Å²) >= 11 is 0. The van der Waals surface area contributed by atoms with Crippen molar-refractivity contribution < 1.29 is 27.5 Å². The topological polar surface area (TPSA) is 107 Å². The molecule has 2 rings (SSSR count). The van der Waals surface area contributed by atoms with Crippen molar-refractivity contribution in [3.05, 3.63) is 30.1 Å². The molecule has 11 heteroatoms. The van der Waals surface area contributed by atoms with Crippen molar-refractivity contribution in [2.24, 2.45) is 0 Å². The van der Waals surface area contributed by atoms with E-state index in [0.717, 1.165) is 12.1 Å². The van der Waals surface area contributed by atoms with Crippen LogP contribution in [0.3, 0.4) is 0 Å². The minimum absolute atomic E-state index is 0. The highest BCUT2D eigenvalue weighted by molar-refractivity contribution is 7.89. The standard InChI is InChI=1S/C14H18FN3O5S.ClH/c15-11-1-3-12(4-2-11)24(22,23)18-7-5-17(6-8-18)10-13(19)16-9-14(20)21;/h1-4H,5-10H2,(H,16,19)(H,20,21);1H. The van der Waals surface area contributed by atoms with Crippen molar-refractivity contribution in [2.75, 3.05) is 39.3 Å². The van der Waals surface area contributed by atoms with Crippen molar-refractivity contribution in [2.45, 2.75) is 4.90 Å². The van der Waals surface area contributed by atoms with E-state index >= 15 is 0 Å². The third kappa shape index (κ3) is 5.92. The highest BCUT2D eigenvalue weighted by atomic mass is 35.5. The molecule has 1 aliphatic rings. The van der Waals surface area contributed by atoms with Crippen LogP contribution >= 0.6 is 12.4 Å². The van der Waals surface area contributed by atoms with E-state index in [1.807, 2.05) is 0 Å². The van der Waals surface area contributed by atoms with Crippen LogP contribution in [0.2, 0.25) is 0 Å². The molecule has 0 spiro atoms. The third-order valence-corrected chi connectivity index (χ3v) is 5.50. The molecule has 140 valence electrons. The van der Waals surface area contributed by atoms with Crippen LogP contribution < -0.4 is 5.32 Å². The Hall–Kier alpha value is -1.75. The number of hydrogen-bond acceptors (Lipinski definition) is 5. The molecule has 0 radical (unpaired) electrons. The predicted molar refractivity (Wildman–Crippen MR) is 89.5 cm³/mol. The lowest BCUT2D eigenvalue weighted by atomic mass is 10.3. The van der Waals surface area contributed by atoms with Crippen LogP contribution in [0.15, 0.2) is 29.2 Å². The van der Waals surface area contributed by atoms with Crippen LogP contribution in [-0.4, -0.2) is 73.9 Å². The molecule has 1 fully saturated rings. The van der Waals surface area contributed by atoms with E-state index in [0.29, 0.717) is 13.1 Å². The number of carbonyl (C=O) groups is 2. The van der Waals surface area contributed by atoms with Gasteiger partial charge in [-0.1, -0.05) is 0 Å². The van der Waals surface area contributed by atoms with E-state index in [1.54, 1.807) is 4.90 Å². The lowest BCUT2D eigenvalue weighted by molar-refractivity contribution is -0.138. The van der Waals surface area contributed by atoms with Gasteiger partial charge in [-0.25, -0.2) is 12.8 Å². The first-order valence-electron chi connectivity index (χ1n) is 7.25. The molecule has 0 bridgehead atoms. The molecule has 0 atom stereocenters. The molecular weight excluding hydrogens is 377 g/mol. The molecule has 0 unspecified atom stereocenters. The first-order valence-corrected chi connectivity index (χ1v) is 8.69. The maximum atomic E-state index is 12.9. The average Bonchev–Trinajstić information content (AvgIpc) is 2.54. The predicted octanol–water partition coefficient (Wildman–Crippen LogP) is -0.245. The Labute approximate surface area is 151 Å². The Balaban J connectivity index is 0.00000312. The van der Waals surface area contributed by atoms with Crippen molar-refractivity contribution in [3.8, 4) is 0 Å². The molecule has 1 aromatic carbocycles. The summed E-state index contributed by atoms with van der Waals surface area (Å²) in [5.74, 6) is -2.06. The summed E-state index contributed by atoms with van der Waals surface area (Å²) in [7, 11) is -3.69. The Bertz CT molecular complexity index is 706. The van der Waals surface area contributed by atoms with Gasteiger partial charge >= 0.3 is 5.97 Å². The van der Waals surface area contributed by atoms with Crippen LogP contribution in [0, 0.1) is 5.82 Å². The number of rotatable bonds is 6. The van der Waals surface area contributed by atoms with Crippen molar-refractivity contribution in [1.82, 2.24) is 14.5 Å². The molecule has 0 saturated carbocycles. The Morgan fingerprint density at radius 1 is 1.12 bits per heavy atom. The van der Waals surface area contributed by atoms with Crippen LogP contribution in [-0.2, 0) is 19.6 Å². The number of amides is 1. The summed E-state index contributed by atoms with van der Waals surface area (Å²) in [6, 6.07) is 4.62. The van der Waals surface area contributed by atoms with E-state index in [-0.39, 0.29) is 36.9 Å². The van der Waals surface area contributed by atoms with E-state index in [4.69, 9.17) is 5.11 Å². The maximum Gasteiger partial charge on any atom is 0.322 e. The molecule has 0 aromatic heterocycles. The largest absolute Gasteiger partial charge is 0.480 e. The minimum atomic E-state index is -3.69. The third-order valence-electron chi connectivity index (χ3n) is 3.59. The first-order chi connectivity index (χ1) is 11.3. The first kappa shape index (κ1) is 21.3. The number of nitrogens with zero attached hydrogens (tertiary/aromatic N) is 2. The Morgan fingerprint density at radius 3 is 2.20 bits per heavy atom. The van der Waals surface area contributed by atoms with E-state index in [9.17, 15) is 22.4 Å². The fourth-order valence-electron chi connectivity index (χ4n) is 2.32. The van der Waals surface area contributed by atoms with Crippen LogP contribution in [0.4, 0.5) is 4.39 Å². The van der Waals surface area contributed by atoms with E-state index in [1.165, 1.54) is 16.4 Å². The van der Waals surface area contributed by atoms with Gasteiger partial charge in [0, 0.05) is 26.2 Å². The normalized spacial score (nSPS) is 16.0. The van der Waals surface area contributed by atoms with Gasteiger partial charge in [0.1, 0.15) is 12.4 Å². The Morgan fingerprint density at radius 2 is 1.68 bits per heavy atom. The second-order valence-electron chi connectivity index (χ2n) is 5.30. The summed E-state index contributed by atoms with van der Waals surface area (Å²) in [4.78, 5) is 23.7. The van der Waals surface area contributed by atoms with Gasteiger partial charge in [-0.15, -0.1) is 12.4 Å². The molecule has 8 nitrogen and oxygen atoms in total. The summed E-state index contributed by atoms with van der Waals surface area (Å²) in [5.41, 5.74) is 0. The second kappa shape index (κ2) is 9.09. The van der Waals surface area contributed by atoms with Crippen LogP contribution in [0.25, 0.3) is 0 Å². The molecule has 0 aliphatic carbocycles. The van der Waals surface area contributed by atoms with Crippen LogP contribution in [0.5, 0.6) is 0 Å². The molecule has 1 amide bonds. The number of sulfonamides is 1. The Kier molecular flexibility index (Phi) is 7.74. The van der Waals surface area contributed by atoms with Crippen molar-refractivity contribution in [3.63, 3.8) is 0 Å². The number of carbonyl (C=O) groups excluding carboxylic acids is 1. The smallest absolute Gasteiger partial charge is 0.322 e. The van der Waals surface area contributed by atoms with Gasteiger partial charge in [0.15, 0.2) is 0 Å². The maximum absolute atomic E-state index is 12.9. The number of carboxylic acid groups (broad SMARTS) is 1. The number of hydrogen-bond donors (Lipinski definition) is 2. The molecule has 1 heterocycles.